The zero-order valence-electron chi connectivity index (χ0n) is 9.81. The molecule has 0 aromatic heterocycles. The Labute approximate surface area is 83.1 Å². The molecule has 0 heterocycles. The second kappa shape index (κ2) is 6.39. The van der Waals surface area contributed by atoms with Gasteiger partial charge in [0.15, 0.2) is 0 Å². The van der Waals surface area contributed by atoms with Crippen molar-refractivity contribution in [2.45, 2.75) is 47.1 Å². The van der Waals surface area contributed by atoms with Crippen molar-refractivity contribution >= 4 is 0 Å². The van der Waals surface area contributed by atoms with Crippen LogP contribution in [-0.2, 0) is 4.74 Å². The van der Waals surface area contributed by atoms with Crippen LogP contribution in [0.2, 0.25) is 0 Å². The first kappa shape index (κ1) is 12.9. The summed E-state index contributed by atoms with van der Waals surface area (Å²) < 4.78 is 5.47. The molecular formula is C11H25NO. The number of likely N-dealkylation sites (N-methyl/N-ethyl adjacent to an activating group) is 1. The minimum absolute atomic E-state index is 0.325. The predicted molar refractivity (Wildman–Crippen MR) is 58.0 cm³/mol. The van der Waals surface area contributed by atoms with Gasteiger partial charge in [0.2, 0.25) is 0 Å². The van der Waals surface area contributed by atoms with Crippen molar-refractivity contribution in [3.05, 3.63) is 0 Å². The molecular weight excluding hydrogens is 162 g/mol. The van der Waals surface area contributed by atoms with E-state index in [9.17, 15) is 0 Å². The zero-order chi connectivity index (χ0) is 10.3. The predicted octanol–water partition coefficient (Wildman–Crippen LogP) is 2.44. The van der Waals surface area contributed by atoms with Gasteiger partial charge < -0.3 is 10.1 Å². The fourth-order valence-corrected chi connectivity index (χ4v) is 1.29. The molecule has 0 saturated heterocycles. The maximum atomic E-state index is 5.47. The van der Waals surface area contributed by atoms with Gasteiger partial charge in [-0.1, -0.05) is 27.7 Å². The van der Waals surface area contributed by atoms with Gasteiger partial charge in [0.25, 0.3) is 0 Å². The lowest BCUT2D eigenvalue weighted by Crippen LogP contribution is -2.45. The highest BCUT2D eigenvalue weighted by Gasteiger charge is 2.26. The van der Waals surface area contributed by atoms with Gasteiger partial charge in [-0.3, -0.25) is 0 Å². The average molecular weight is 187 g/mol. The Morgan fingerprint density at radius 1 is 1.23 bits per heavy atom. The number of rotatable bonds is 7. The number of nitrogens with one attached hydrogen (secondary N) is 1. The Morgan fingerprint density at radius 2 is 1.85 bits per heavy atom. The summed E-state index contributed by atoms with van der Waals surface area (Å²) in [5.41, 5.74) is 0.325. The van der Waals surface area contributed by atoms with Gasteiger partial charge in [0, 0.05) is 12.6 Å². The molecule has 1 N–H and O–H groups in total. The summed E-state index contributed by atoms with van der Waals surface area (Å²) in [4.78, 5) is 0. The highest BCUT2D eigenvalue weighted by molar-refractivity contribution is 4.82. The van der Waals surface area contributed by atoms with Crippen LogP contribution in [0.1, 0.15) is 41.0 Å². The van der Waals surface area contributed by atoms with E-state index in [0.29, 0.717) is 11.5 Å². The third kappa shape index (κ3) is 4.63. The molecule has 0 rings (SSSR count). The van der Waals surface area contributed by atoms with Crippen molar-refractivity contribution in [1.29, 1.82) is 0 Å². The lowest BCUT2D eigenvalue weighted by atomic mass is 9.82. The second-order valence-electron chi connectivity index (χ2n) is 4.11. The molecule has 0 aliphatic rings. The van der Waals surface area contributed by atoms with Crippen LogP contribution >= 0.6 is 0 Å². The van der Waals surface area contributed by atoms with Crippen LogP contribution in [0.25, 0.3) is 0 Å². The summed E-state index contributed by atoms with van der Waals surface area (Å²) in [5, 5.41) is 3.48. The molecule has 0 spiro atoms. The lowest BCUT2D eigenvalue weighted by molar-refractivity contribution is 0.0762. The highest BCUT2D eigenvalue weighted by atomic mass is 16.5. The molecule has 2 heteroatoms. The van der Waals surface area contributed by atoms with Gasteiger partial charge in [-0.15, -0.1) is 0 Å². The van der Waals surface area contributed by atoms with Gasteiger partial charge in [0.1, 0.15) is 0 Å². The van der Waals surface area contributed by atoms with Crippen molar-refractivity contribution in [2.24, 2.45) is 5.41 Å². The minimum atomic E-state index is 0.325. The fraction of sp³-hybridized carbons (Fsp3) is 1.00. The SMILES string of the molecule is CCNC(COCC)C(C)(C)CC. The van der Waals surface area contributed by atoms with Crippen molar-refractivity contribution in [3.8, 4) is 0 Å². The van der Waals surface area contributed by atoms with E-state index >= 15 is 0 Å². The van der Waals surface area contributed by atoms with E-state index in [1.807, 2.05) is 6.92 Å². The van der Waals surface area contributed by atoms with Gasteiger partial charge in [-0.05, 0) is 25.3 Å². The van der Waals surface area contributed by atoms with Gasteiger partial charge in [0.05, 0.1) is 6.61 Å². The molecule has 0 aromatic carbocycles. The van der Waals surface area contributed by atoms with E-state index in [1.54, 1.807) is 0 Å². The summed E-state index contributed by atoms with van der Waals surface area (Å²) in [6, 6.07) is 0.474. The largest absolute Gasteiger partial charge is 0.380 e. The molecule has 0 aliphatic heterocycles. The quantitative estimate of drug-likeness (QED) is 0.661. The van der Waals surface area contributed by atoms with Crippen LogP contribution < -0.4 is 5.32 Å². The van der Waals surface area contributed by atoms with Crippen LogP contribution in [0.4, 0.5) is 0 Å². The molecule has 80 valence electrons. The molecule has 1 unspecified atom stereocenters. The van der Waals surface area contributed by atoms with E-state index in [4.69, 9.17) is 4.74 Å². The van der Waals surface area contributed by atoms with Gasteiger partial charge in [-0.25, -0.2) is 0 Å². The molecule has 13 heavy (non-hydrogen) atoms. The Hall–Kier alpha value is -0.0800. The first-order valence-electron chi connectivity index (χ1n) is 5.39. The number of ether oxygens (including phenoxy) is 1. The fourth-order valence-electron chi connectivity index (χ4n) is 1.29. The summed E-state index contributed by atoms with van der Waals surface area (Å²) in [6.07, 6.45) is 1.18. The summed E-state index contributed by atoms with van der Waals surface area (Å²) in [6.45, 7) is 13.6. The van der Waals surface area contributed by atoms with Gasteiger partial charge in [-0.2, -0.15) is 0 Å². The molecule has 0 amide bonds. The first-order valence-corrected chi connectivity index (χ1v) is 5.39. The third-order valence-electron chi connectivity index (χ3n) is 2.79. The van der Waals surface area contributed by atoms with Crippen LogP contribution in [0.3, 0.4) is 0 Å². The van der Waals surface area contributed by atoms with Crippen LogP contribution in [0.5, 0.6) is 0 Å². The van der Waals surface area contributed by atoms with Crippen molar-refractivity contribution in [3.63, 3.8) is 0 Å². The smallest absolute Gasteiger partial charge is 0.0624 e. The lowest BCUT2D eigenvalue weighted by Gasteiger charge is -2.33. The molecule has 0 fully saturated rings. The van der Waals surface area contributed by atoms with Crippen LogP contribution in [0, 0.1) is 5.41 Å². The van der Waals surface area contributed by atoms with Crippen molar-refractivity contribution < 1.29 is 4.74 Å². The molecule has 0 aromatic rings. The first-order chi connectivity index (χ1) is 6.08. The Morgan fingerprint density at radius 3 is 2.23 bits per heavy atom. The number of hydrogen-bond acceptors (Lipinski definition) is 2. The topological polar surface area (TPSA) is 21.3 Å². The molecule has 0 aliphatic carbocycles. The average Bonchev–Trinajstić information content (AvgIpc) is 2.12. The standard InChI is InChI=1S/C11H25NO/c1-6-11(4,5)10(12-7-2)9-13-8-3/h10,12H,6-9H2,1-5H3. The molecule has 0 radical (unpaired) electrons. The summed E-state index contributed by atoms with van der Waals surface area (Å²) in [7, 11) is 0. The Kier molecular flexibility index (Phi) is 6.35. The summed E-state index contributed by atoms with van der Waals surface area (Å²) in [5.74, 6) is 0. The van der Waals surface area contributed by atoms with E-state index in [2.05, 4.69) is 33.0 Å². The van der Waals surface area contributed by atoms with E-state index in [-0.39, 0.29) is 0 Å². The van der Waals surface area contributed by atoms with Gasteiger partial charge >= 0.3 is 0 Å². The summed E-state index contributed by atoms with van der Waals surface area (Å²) >= 11 is 0. The van der Waals surface area contributed by atoms with Crippen molar-refractivity contribution in [2.75, 3.05) is 19.8 Å². The highest BCUT2D eigenvalue weighted by Crippen LogP contribution is 2.24. The molecule has 0 saturated carbocycles. The molecule has 2 nitrogen and oxygen atoms in total. The van der Waals surface area contributed by atoms with Crippen LogP contribution in [0.15, 0.2) is 0 Å². The number of hydrogen-bond donors (Lipinski definition) is 1. The van der Waals surface area contributed by atoms with E-state index in [0.717, 1.165) is 19.8 Å². The second-order valence-corrected chi connectivity index (χ2v) is 4.11. The Bertz CT molecular complexity index is 123. The maximum absolute atomic E-state index is 5.47. The normalized spacial score (nSPS) is 14.5. The molecule has 0 bridgehead atoms. The molecule has 1 atom stereocenters. The van der Waals surface area contributed by atoms with E-state index in [1.165, 1.54) is 6.42 Å². The third-order valence-corrected chi connectivity index (χ3v) is 2.79. The van der Waals surface area contributed by atoms with Crippen molar-refractivity contribution in [1.82, 2.24) is 5.32 Å². The zero-order valence-corrected chi connectivity index (χ0v) is 9.81. The minimum Gasteiger partial charge on any atom is -0.380 e. The maximum Gasteiger partial charge on any atom is 0.0624 e. The van der Waals surface area contributed by atoms with Crippen LogP contribution in [-0.4, -0.2) is 25.8 Å². The Balaban J connectivity index is 4.05. The van der Waals surface area contributed by atoms with E-state index < -0.39 is 0 Å². The monoisotopic (exact) mass is 187 g/mol.